The molecule has 1 fully saturated rings. The fraction of sp³-hybridized carbons (Fsp3) is 0.412. The van der Waals surface area contributed by atoms with Crippen LogP contribution >= 0.6 is 0 Å². The molecule has 6 nitrogen and oxygen atoms in total. The van der Waals surface area contributed by atoms with Crippen molar-refractivity contribution in [1.82, 2.24) is 20.0 Å². The minimum Gasteiger partial charge on any atom is -0.369 e. The van der Waals surface area contributed by atoms with Crippen molar-refractivity contribution in [2.45, 2.75) is 13.1 Å². The third-order valence-corrected chi connectivity index (χ3v) is 4.78. The highest BCUT2D eigenvalue weighted by Gasteiger charge is 2.25. The standard InChI is InChI=1S/C17H20N6/c1-21-5-7-23(8-6-21)14-4-2-3-13(9-14)17-15-10-22(12-18)11-16(15)19-20-17/h2-4,9H,5-8,10-11H2,1H3,(H,19,20). The van der Waals surface area contributed by atoms with Crippen LogP contribution in [0.4, 0.5) is 5.69 Å². The summed E-state index contributed by atoms with van der Waals surface area (Å²) < 4.78 is 0. The van der Waals surface area contributed by atoms with Gasteiger partial charge in [-0.2, -0.15) is 10.4 Å². The lowest BCUT2D eigenvalue weighted by Gasteiger charge is -2.34. The molecule has 6 heteroatoms. The quantitative estimate of drug-likeness (QED) is 0.854. The molecule has 0 saturated carbocycles. The van der Waals surface area contributed by atoms with E-state index in [1.165, 1.54) is 5.69 Å². The second-order valence-electron chi connectivity index (χ2n) is 6.33. The molecule has 1 aromatic heterocycles. The van der Waals surface area contributed by atoms with E-state index in [-0.39, 0.29) is 0 Å². The summed E-state index contributed by atoms with van der Waals surface area (Å²) in [6, 6.07) is 8.59. The van der Waals surface area contributed by atoms with Gasteiger partial charge >= 0.3 is 0 Å². The maximum Gasteiger partial charge on any atom is 0.180 e. The Kier molecular flexibility index (Phi) is 3.43. The molecule has 23 heavy (non-hydrogen) atoms. The number of aromatic nitrogens is 2. The molecule has 0 amide bonds. The number of nitriles is 1. The van der Waals surface area contributed by atoms with Gasteiger partial charge in [-0.15, -0.1) is 0 Å². The molecule has 0 bridgehead atoms. The Hall–Kier alpha value is -2.52. The summed E-state index contributed by atoms with van der Waals surface area (Å²) in [5, 5.41) is 16.7. The Labute approximate surface area is 135 Å². The van der Waals surface area contributed by atoms with E-state index in [0.29, 0.717) is 13.1 Å². The molecule has 0 atom stereocenters. The van der Waals surface area contributed by atoms with Gasteiger partial charge in [0.25, 0.3) is 0 Å². The number of hydrogen-bond acceptors (Lipinski definition) is 5. The molecule has 1 aromatic carbocycles. The van der Waals surface area contributed by atoms with Crippen molar-refractivity contribution < 1.29 is 0 Å². The van der Waals surface area contributed by atoms with Crippen LogP contribution in [0.3, 0.4) is 0 Å². The fourth-order valence-electron chi connectivity index (χ4n) is 3.36. The van der Waals surface area contributed by atoms with Crippen LogP contribution in [-0.2, 0) is 13.1 Å². The molecule has 0 aliphatic carbocycles. The summed E-state index contributed by atoms with van der Waals surface area (Å²) in [4.78, 5) is 6.53. The van der Waals surface area contributed by atoms with Crippen molar-refractivity contribution in [2.75, 3.05) is 38.1 Å². The number of hydrogen-bond donors (Lipinski definition) is 1. The predicted octanol–water partition coefficient (Wildman–Crippen LogP) is 1.63. The van der Waals surface area contributed by atoms with E-state index in [9.17, 15) is 0 Å². The summed E-state index contributed by atoms with van der Waals surface area (Å²) >= 11 is 0. The first kappa shape index (κ1) is 14.1. The van der Waals surface area contributed by atoms with E-state index in [2.05, 4.69) is 57.5 Å². The average Bonchev–Trinajstić information content (AvgIpc) is 3.15. The fourth-order valence-corrected chi connectivity index (χ4v) is 3.36. The molecule has 1 saturated heterocycles. The van der Waals surface area contributed by atoms with E-state index in [1.807, 2.05) is 0 Å². The summed E-state index contributed by atoms with van der Waals surface area (Å²) in [5.74, 6) is 0. The van der Waals surface area contributed by atoms with E-state index < -0.39 is 0 Å². The van der Waals surface area contributed by atoms with Gasteiger partial charge in [0.05, 0.1) is 24.5 Å². The number of H-pyrrole nitrogens is 1. The molecule has 3 heterocycles. The van der Waals surface area contributed by atoms with Gasteiger partial charge in [0.2, 0.25) is 0 Å². The number of aromatic amines is 1. The number of rotatable bonds is 2. The molecule has 2 aliphatic rings. The highest BCUT2D eigenvalue weighted by atomic mass is 15.2. The van der Waals surface area contributed by atoms with Gasteiger partial charge < -0.3 is 14.7 Å². The summed E-state index contributed by atoms with van der Waals surface area (Å²) in [6.45, 7) is 5.59. The van der Waals surface area contributed by atoms with E-state index in [4.69, 9.17) is 5.26 Å². The number of nitrogens with zero attached hydrogens (tertiary/aromatic N) is 5. The van der Waals surface area contributed by atoms with Crippen LogP contribution in [0.15, 0.2) is 24.3 Å². The Morgan fingerprint density at radius 3 is 2.78 bits per heavy atom. The van der Waals surface area contributed by atoms with Gasteiger partial charge in [0.15, 0.2) is 6.19 Å². The molecule has 0 spiro atoms. The zero-order valence-electron chi connectivity index (χ0n) is 13.3. The van der Waals surface area contributed by atoms with Crippen LogP contribution in [-0.4, -0.2) is 53.2 Å². The average molecular weight is 308 g/mol. The third-order valence-electron chi connectivity index (χ3n) is 4.78. The summed E-state index contributed by atoms with van der Waals surface area (Å²) in [6.07, 6.45) is 2.22. The second-order valence-corrected chi connectivity index (χ2v) is 6.33. The minimum absolute atomic E-state index is 0.636. The van der Waals surface area contributed by atoms with Crippen molar-refractivity contribution in [3.63, 3.8) is 0 Å². The Balaban J connectivity index is 1.62. The number of anilines is 1. The lowest BCUT2D eigenvalue weighted by molar-refractivity contribution is 0.313. The van der Waals surface area contributed by atoms with Crippen molar-refractivity contribution >= 4 is 5.69 Å². The van der Waals surface area contributed by atoms with Gasteiger partial charge in [0.1, 0.15) is 0 Å². The largest absolute Gasteiger partial charge is 0.369 e. The molecule has 1 N–H and O–H groups in total. The minimum atomic E-state index is 0.636. The van der Waals surface area contributed by atoms with Gasteiger partial charge in [-0.25, -0.2) is 0 Å². The van der Waals surface area contributed by atoms with Gasteiger partial charge in [0, 0.05) is 43.0 Å². The predicted molar refractivity (Wildman–Crippen MR) is 88.6 cm³/mol. The highest BCUT2D eigenvalue weighted by molar-refractivity contribution is 5.69. The van der Waals surface area contributed by atoms with Gasteiger partial charge in [-0.1, -0.05) is 12.1 Å². The lowest BCUT2D eigenvalue weighted by Crippen LogP contribution is -2.44. The van der Waals surface area contributed by atoms with Crippen molar-refractivity contribution in [1.29, 1.82) is 5.26 Å². The van der Waals surface area contributed by atoms with Crippen molar-refractivity contribution in [3.8, 4) is 17.5 Å². The van der Waals surface area contributed by atoms with Crippen molar-refractivity contribution in [3.05, 3.63) is 35.5 Å². The Morgan fingerprint density at radius 1 is 1.17 bits per heavy atom. The van der Waals surface area contributed by atoms with E-state index >= 15 is 0 Å². The Bertz CT molecular complexity index is 751. The monoisotopic (exact) mass is 308 g/mol. The second kappa shape index (κ2) is 5.60. The normalized spacial score (nSPS) is 18.1. The number of piperazine rings is 1. The first-order valence-electron chi connectivity index (χ1n) is 7.99. The molecule has 118 valence electrons. The topological polar surface area (TPSA) is 62.2 Å². The van der Waals surface area contributed by atoms with Crippen LogP contribution < -0.4 is 4.90 Å². The molecule has 0 radical (unpaired) electrons. The number of likely N-dealkylation sites (N-methyl/N-ethyl adjacent to an activating group) is 1. The molecule has 4 rings (SSSR count). The van der Waals surface area contributed by atoms with Gasteiger partial charge in [-0.3, -0.25) is 5.10 Å². The van der Waals surface area contributed by atoms with Crippen LogP contribution in [0.1, 0.15) is 11.3 Å². The number of benzene rings is 1. The van der Waals surface area contributed by atoms with Gasteiger partial charge in [-0.05, 0) is 19.2 Å². The number of fused-ring (bicyclic) bond motifs is 1. The molecule has 2 aliphatic heterocycles. The molecular formula is C17H20N6. The van der Waals surface area contributed by atoms with Crippen molar-refractivity contribution in [2.24, 2.45) is 0 Å². The maximum absolute atomic E-state index is 9.08. The summed E-state index contributed by atoms with van der Waals surface area (Å²) in [5.41, 5.74) is 5.57. The van der Waals surface area contributed by atoms with Crippen LogP contribution in [0.2, 0.25) is 0 Å². The maximum atomic E-state index is 9.08. The Morgan fingerprint density at radius 2 is 2.00 bits per heavy atom. The highest BCUT2D eigenvalue weighted by Crippen LogP contribution is 2.32. The zero-order valence-corrected chi connectivity index (χ0v) is 13.3. The van der Waals surface area contributed by atoms with Crippen LogP contribution in [0.5, 0.6) is 0 Å². The first-order valence-corrected chi connectivity index (χ1v) is 7.99. The lowest BCUT2D eigenvalue weighted by atomic mass is 10.1. The summed E-state index contributed by atoms with van der Waals surface area (Å²) in [7, 11) is 2.17. The molecular weight excluding hydrogens is 288 g/mol. The third kappa shape index (κ3) is 2.53. The van der Waals surface area contributed by atoms with Crippen LogP contribution in [0.25, 0.3) is 11.3 Å². The molecule has 2 aromatic rings. The number of nitrogens with one attached hydrogen (secondary N) is 1. The van der Waals surface area contributed by atoms with E-state index in [0.717, 1.165) is 48.7 Å². The van der Waals surface area contributed by atoms with E-state index in [1.54, 1.807) is 4.90 Å². The zero-order chi connectivity index (χ0) is 15.8. The first-order chi connectivity index (χ1) is 11.2. The molecule has 0 unspecified atom stereocenters. The van der Waals surface area contributed by atoms with Crippen LogP contribution in [0, 0.1) is 11.5 Å². The smallest absolute Gasteiger partial charge is 0.180 e. The SMILES string of the molecule is CN1CCN(c2cccc(-c3n[nH]c4c3CN(C#N)C4)c2)CC1.